The second-order valence-corrected chi connectivity index (χ2v) is 3.39. The zero-order valence-electron chi connectivity index (χ0n) is 8.85. The fraction of sp³-hybridized carbons (Fsp3) is 0.0833. The van der Waals surface area contributed by atoms with Gasteiger partial charge in [0.1, 0.15) is 11.6 Å². The molecule has 1 aromatic carbocycles. The second-order valence-electron chi connectivity index (χ2n) is 3.39. The maximum Gasteiger partial charge on any atom is 0.142 e. The summed E-state index contributed by atoms with van der Waals surface area (Å²) < 4.78 is 0. The molecular weight excluding hydrogens is 200 g/mol. The molecule has 0 bridgehead atoms. The second kappa shape index (κ2) is 5.14. The number of nitrogens with one attached hydrogen (secondary N) is 2. The highest BCUT2D eigenvalue weighted by Gasteiger charge is 1.95. The van der Waals surface area contributed by atoms with Crippen LogP contribution in [0.4, 0.5) is 11.6 Å². The summed E-state index contributed by atoms with van der Waals surface area (Å²) in [5, 5.41) is 3.23. The lowest BCUT2D eigenvalue weighted by Crippen LogP contribution is -2.09. The van der Waals surface area contributed by atoms with Crippen LogP contribution in [-0.2, 0) is 6.54 Å². The van der Waals surface area contributed by atoms with Gasteiger partial charge in [0.25, 0.3) is 0 Å². The molecule has 2 rings (SSSR count). The van der Waals surface area contributed by atoms with E-state index in [-0.39, 0.29) is 0 Å². The summed E-state index contributed by atoms with van der Waals surface area (Å²) in [6, 6.07) is 15.8. The molecule has 0 saturated heterocycles. The minimum absolute atomic E-state index is 0.651. The molecule has 0 aliphatic rings. The summed E-state index contributed by atoms with van der Waals surface area (Å²) in [5.41, 5.74) is 3.73. The minimum Gasteiger partial charge on any atom is -0.366 e. The van der Waals surface area contributed by atoms with Crippen molar-refractivity contribution in [1.29, 1.82) is 0 Å². The van der Waals surface area contributed by atoms with E-state index in [9.17, 15) is 0 Å². The SMILES string of the molecule is NNc1cccc(NCc2ccccc2)n1. The molecule has 2 aromatic rings. The third kappa shape index (κ3) is 2.71. The molecule has 0 fully saturated rings. The van der Waals surface area contributed by atoms with Crippen molar-refractivity contribution in [2.45, 2.75) is 6.54 Å². The van der Waals surface area contributed by atoms with Gasteiger partial charge in [-0.25, -0.2) is 10.8 Å². The molecule has 82 valence electrons. The predicted octanol–water partition coefficient (Wildman–Crippen LogP) is 1.98. The summed E-state index contributed by atoms with van der Waals surface area (Å²) >= 11 is 0. The fourth-order valence-corrected chi connectivity index (χ4v) is 1.40. The summed E-state index contributed by atoms with van der Waals surface area (Å²) in [7, 11) is 0. The Morgan fingerprint density at radius 1 is 0.938 bits per heavy atom. The Morgan fingerprint density at radius 3 is 2.44 bits per heavy atom. The Morgan fingerprint density at radius 2 is 1.69 bits per heavy atom. The molecule has 4 N–H and O–H groups in total. The normalized spacial score (nSPS) is 9.81. The van der Waals surface area contributed by atoms with Gasteiger partial charge in [-0.1, -0.05) is 36.4 Å². The topological polar surface area (TPSA) is 63.0 Å². The van der Waals surface area contributed by atoms with Crippen LogP contribution in [0.2, 0.25) is 0 Å². The number of nitrogens with zero attached hydrogens (tertiary/aromatic N) is 1. The summed E-state index contributed by atoms with van der Waals surface area (Å²) in [5.74, 6) is 6.74. The molecule has 0 saturated carbocycles. The molecule has 4 heteroatoms. The molecule has 0 unspecified atom stereocenters. The Balaban J connectivity index is 1.99. The number of anilines is 2. The molecule has 0 aliphatic heterocycles. The maximum atomic E-state index is 5.29. The third-order valence-corrected chi connectivity index (χ3v) is 2.21. The fourth-order valence-electron chi connectivity index (χ4n) is 1.40. The summed E-state index contributed by atoms with van der Waals surface area (Å²) in [6.07, 6.45) is 0. The smallest absolute Gasteiger partial charge is 0.142 e. The lowest BCUT2D eigenvalue weighted by molar-refractivity contribution is 1.10. The highest BCUT2D eigenvalue weighted by Crippen LogP contribution is 2.09. The van der Waals surface area contributed by atoms with Crippen LogP contribution < -0.4 is 16.6 Å². The van der Waals surface area contributed by atoms with E-state index in [2.05, 4.69) is 27.9 Å². The molecule has 0 spiro atoms. The number of nitrogens with two attached hydrogens (primary N) is 1. The number of aromatic nitrogens is 1. The molecule has 4 nitrogen and oxygen atoms in total. The summed E-state index contributed by atoms with van der Waals surface area (Å²) in [6.45, 7) is 0.752. The first-order chi connectivity index (χ1) is 7.88. The van der Waals surface area contributed by atoms with E-state index < -0.39 is 0 Å². The van der Waals surface area contributed by atoms with Crippen LogP contribution in [0.15, 0.2) is 48.5 Å². The average Bonchev–Trinajstić information content (AvgIpc) is 2.38. The van der Waals surface area contributed by atoms with Gasteiger partial charge in [0.2, 0.25) is 0 Å². The third-order valence-electron chi connectivity index (χ3n) is 2.21. The number of hydrogen-bond acceptors (Lipinski definition) is 4. The Kier molecular flexibility index (Phi) is 3.35. The molecule has 0 atom stereocenters. The van der Waals surface area contributed by atoms with Gasteiger partial charge >= 0.3 is 0 Å². The quantitative estimate of drug-likeness (QED) is 0.538. The number of hydrogen-bond donors (Lipinski definition) is 3. The largest absolute Gasteiger partial charge is 0.366 e. The van der Waals surface area contributed by atoms with E-state index in [1.165, 1.54) is 5.56 Å². The van der Waals surface area contributed by atoms with Crippen LogP contribution in [-0.4, -0.2) is 4.98 Å². The van der Waals surface area contributed by atoms with Gasteiger partial charge in [-0.05, 0) is 17.7 Å². The minimum atomic E-state index is 0.651. The zero-order valence-corrected chi connectivity index (χ0v) is 8.85. The van der Waals surface area contributed by atoms with Gasteiger partial charge in [0.15, 0.2) is 0 Å². The van der Waals surface area contributed by atoms with E-state index >= 15 is 0 Å². The van der Waals surface area contributed by atoms with E-state index in [0.29, 0.717) is 5.82 Å². The number of nitrogen functional groups attached to an aromatic ring is 1. The lowest BCUT2D eigenvalue weighted by Gasteiger charge is -2.06. The summed E-state index contributed by atoms with van der Waals surface area (Å²) in [4.78, 5) is 4.26. The van der Waals surface area contributed by atoms with Crippen molar-refractivity contribution in [3.63, 3.8) is 0 Å². The first kappa shape index (κ1) is 10.4. The van der Waals surface area contributed by atoms with Crippen LogP contribution in [0, 0.1) is 0 Å². The number of benzene rings is 1. The van der Waals surface area contributed by atoms with Crippen LogP contribution in [0.25, 0.3) is 0 Å². The van der Waals surface area contributed by atoms with Gasteiger partial charge < -0.3 is 10.7 Å². The molecule has 1 aromatic heterocycles. The van der Waals surface area contributed by atoms with Gasteiger partial charge in [0.05, 0.1) is 0 Å². The lowest BCUT2D eigenvalue weighted by atomic mass is 10.2. The van der Waals surface area contributed by atoms with Crippen molar-refractivity contribution < 1.29 is 0 Å². The maximum absolute atomic E-state index is 5.29. The van der Waals surface area contributed by atoms with Gasteiger partial charge in [-0.3, -0.25) is 0 Å². The Hall–Kier alpha value is -2.07. The molecular formula is C12H14N4. The standard InChI is InChI=1S/C12H14N4/c13-16-12-8-4-7-11(15-12)14-9-10-5-2-1-3-6-10/h1-8H,9,13H2,(H2,14,15,16). The highest BCUT2D eigenvalue weighted by atomic mass is 15.3. The van der Waals surface area contributed by atoms with Crippen molar-refractivity contribution in [2.24, 2.45) is 5.84 Å². The monoisotopic (exact) mass is 214 g/mol. The molecule has 0 aliphatic carbocycles. The average molecular weight is 214 g/mol. The van der Waals surface area contributed by atoms with Gasteiger partial charge in [-0.15, -0.1) is 0 Å². The van der Waals surface area contributed by atoms with Crippen molar-refractivity contribution >= 4 is 11.6 Å². The Bertz CT molecular complexity index is 442. The first-order valence-corrected chi connectivity index (χ1v) is 5.10. The number of hydrazine groups is 1. The van der Waals surface area contributed by atoms with Crippen LogP contribution in [0.1, 0.15) is 5.56 Å². The van der Waals surface area contributed by atoms with E-state index in [4.69, 9.17) is 5.84 Å². The van der Waals surface area contributed by atoms with Crippen LogP contribution >= 0.6 is 0 Å². The van der Waals surface area contributed by atoms with Crippen molar-refractivity contribution in [3.05, 3.63) is 54.1 Å². The van der Waals surface area contributed by atoms with E-state index in [1.54, 1.807) is 0 Å². The van der Waals surface area contributed by atoms with Crippen molar-refractivity contribution in [2.75, 3.05) is 10.7 Å². The van der Waals surface area contributed by atoms with Gasteiger partial charge in [0, 0.05) is 6.54 Å². The molecule has 16 heavy (non-hydrogen) atoms. The first-order valence-electron chi connectivity index (χ1n) is 5.10. The van der Waals surface area contributed by atoms with Crippen LogP contribution in [0.3, 0.4) is 0 Å². The molecule has 1 heterocycles. The highest BCUT2D eigenvalue weighted by molar-refractivity contribution is 5.44. The molecule has 0 amide bonds. The zero-order chi connectivity index (χ0) is 11.2. The number of rotatable bonds is 4. The Labute approximate surface area is 94.5 Å². The van der Waals surface area contributed by atoms with Gasteiger partial charge in [-0.2, -0.15) is 0 Å². The molecule has 0 radical (unpaired) electrons. The number of pyridine rings is 1. The van der Waals surface area contributed by atoms with Crippen LogP contribution in [0.5, 0.6) is 0 Å². The van der Waals surface area contributed by atoms with Crippen molar-refractivity contribution in [1.82, 2.24) is 4.98 Å². The van der Waals surface area contributed by atoms with Crippen molar-refractivity contribution in [3.8, 4) is 0 Å². The van der Waals surface area contributed by atoms with E-state index in [1.807, 2.05) is 36.4 Å². The van der Waals surface area contributed by atoms with E-state index in [0.717, 1.165) is 12.4 Å². The predicted molar refractivity (Wildman–Crippen MR) is 65.8 cm³/mol.